The van der Waals surface area contributed by atoms with Crippen molar-refractivity contribution >= 4 is 136 Å². The third-order valence-electron chi connectivity index (χ3n) is 17.4. The SMILES string of the molecule is CC(=O)N[C@@H](CS)C(=O)N[C@@H](C)C(=O)N[C@@H](CC(=O)O)C(=O)N[C@@H](Cc1c[nH]c2ccccc12)C(=O)N[C@H](C(=O)N[C@@H](CS)C(=O)N[C@@H](Cc1ccc(O)cc1)C(=O)N[C@@H](Cc1c[nH]c2ccccc12)C(=O)N[C@@H](Cc1cnc[nH]1)C(=O)N[C@@H](CCC(=O)O)C(=O)N[C@@H](Cc1ccccc1)C(=O)NCC(N)=O)C(C)C. The van der Waals surface area contributed by atoms with Crippen LogP contribution in [0.1, 0.15) is 74.9 Å². The van der Waals surface area contributed by atoms with Crippen LogP contribution in [0.5, 0.6) is 5.75 Å². The number of nitrogens with one attached hydrogen (secondary N) is 15. The van der Waals surface area contributed by atoms with Crippen molar-refractivity contribution in [1.82, 2.24) is 83.7 Å². The molecule has 586 valence electrons. The first kappa shape index (κ1) is 85.0. The quantitative estimate of drug-likeness (QED) is 0.0192. The highest BCUT2D eigenvalue weighted by Crippen LogP contribution is 2.23. The summed E-state index contributed by atoms with van der Waals surface area (Å²) in [4.78, 5) is 219. The smallest absolute Gasteiger partial charge is 0.305 e. The number of carbonyl (C=O) groups is 15. The maximum absolute atomic E-state index is 15.2. The fraction of sp³-hybridized carbons (Fsp3) is 0.370. The molecule has 0 bridgehead atoms. The Kier molecular flexibility index (Phi) is 31.8. The first-order valence-electron chi connectivity index (χ1n) is 34.8. The third kappa shape index (κ3) is 25.7. The molecule has 0 spiro atoms. The van der Waals surface area contributed by atoms with Gasteiger partial charge in [0, 0.05) is 103 Å². The number of carboxylic acids is 2. The van der Waals surface area contributed by atoms with Crippen LogP contribution < -0.4 is 69.5 Å². The summed E-state index contributed by atoms with van der Waals surface area (Å²) in [6.45, 7) is 4.90. The van der Waals surface area contributed by atoms with Crippen LogP contribution in [0.25, 0.3) is 21.8 Å². The molecule has 0 radical (unpaired) electrons. The van der Waals surface area contributed by atoms with Gasteiger partial charge in [-0.2, -0.15) is 25.3 Å². The highest BCUT2D eigenvalue weighted by atomic mass is 32.1. The van der Waals surface area contributed by atoms with Crippen LogP contribution in [0.3, 0.4) is 0 Å². The van der Waals surface area contributed by atoms with E-state index in [1.165, 1.54) is 43.7 Å². The minimum Gasteiger partial charge on any atom is -0.508 e. The lowest BCUT2D eigenvalue weighted by Gasteiger charge is -2.29. The molecule has 0 fully saturated rings. The number of carbonyl (C=O) groups excluding carboxylic acids is 13. The normalized spacial score (nSPS) is 14.1. The Morgan fingerprint density at radius 3 is 1.36 bits per heavy atom. The third-order valence-corrected chi connectivity index (χ3v) is 18.2. The summed E-state index contributed by atoms with van der Waals surface area (Å²) in [5, 5.41) is 61.5. The number of aliphatic carboxylic acids is 2. The van der Waals surface area contributed by atoms with Crippen molar-refractivity contribution in [2.45, 2.75) is 146 Å². The van der Waals surface area contributed by atoms with Crippen LogP contribution in [0.4, 0.5) is 0 Å². The molecule has 0 aliphatic rings. The van der Waals surface area contributed by atoms with Gasteiger partial charge in [-0.3, -0.25) is 71.9 Å². The van der Waals surface area contributed by atoms with Gasteiger partial charge < -0.3 is 99.8 Å². The number of thiol groups is 2. The van der Waals surface area contributed by atoms with Gasteiger partial charge in [0.15, 0.2) is 0 Å². The van der Waals surface area contributed by atoms with Crippen molar-refractivity contribution in [3.8, 4) is 5.75 Å². The van der Waals surface area contributed by atoms with E-state index in [1.54, 1.807) is 105 Å². The zero-order valence-corrected chi connectivity index (χ0v) is 62.0. The number of rotatable bonds is 42. The summed E-state index contributed by atoms with van der Waals surface area (Å²) in [6.07, 6.45) is 2.15. The molecule has 4 aromatic carbocycles. The van der Waals surface area contributed by atoms with Gasteiger partial charge >= 0.3 is 11.9 Å². The van der Waals surface area contributed by atoms with Crippen LogP contribution >= 0.6 is 25.3 Å². The summed E-state index contributed by atoms with van der Waals surface area (Å²) in [6, 6.07) is 10.7. The average molecular weight is 1560 g/mol. The molecule has 0 saturated carbocycles. The van der Waals surface area contributed by atoms with Crippen molar-refractivity contribution in [2.75, 3.05) is 18.1 Å². The molecule has 35 nitrogen and oxygen atoms in total. The van der Waals surface area contributed by atoms with E-state index in [4.69, 9.17) is 5.73 Å². The molecule has 3 heterocycles. The number of H-pyrrole nitrogens is 3. The van der Waals surface area contributed by atoms with E-state index in [0.29, 0.717) is 44.1 Å². The number of hydrogen-bond acceptors (Lipinski definition) is 19. The van der Waals surface area contributed by atoms with Crippen molar-refractivity contribution in [1.29, 1.82) is 0 Å². The number of amides is 13. The van der Waals surface area contributed by atoms with Crippen LogP contribution in [-0.2, 0) is 104 Å². The number of nitrogens with zero attached hydrogens (tertiary/aromatic N) is 1. The summed E-state index contributed by atoms with van der Waals surface area (Å²) in [7, 11) is 0. The summed E-state index contributed by atoms with van der Waals surface area (Å²) in [5.74, 6) is -16.8. The molecule has 110 heavy (non-hydrogen) atoms. The number of benzene rings is 4. The largest absolute Gasteiger partial charge is 0.508 e. The Bertz CT molecular complexity index is 4440. The predicted octanol–water partition coefficient (Wildman–Crippen LogP) is -1.58. The van der Waals surface area contributed by atoms with Crippen molar-refractivity contribution < 1.29 is 87.2 Å². The van der Waals surface area contributed by atoms with Crippen LogP contribution in [0, 0.1) is 5.92 Å². The zero-order chi connectivity index (χ0) is 80.3. The van der Waals surface area contributed by atoms with Gasteiger partial charge in [0.1, 0.15) is 72.2 Å². The minimum absolute atomic E-state index is 0.129. The van der Waals surface area contributed by atoms with E-state index in [-0.39, 0.29) is 49.3 Å². The number of nitrogens with two attached hydrogens (primary N) is 1. The molecule has 7 rings (SSSR count). The van der Waals surface area contributed by atoms with Crippen molar-refractivity contribution in [2.24, 2.45) is 11.7 Å². The molecule has 0 aliphatic heterocycles. The molecule has 0 unspecified atom stereocenters. The second-order valence-corrected chi connectivity index (χ2v) is 27.0. The number of primary amides is 1. The van der Waals surface area contributed by atoms with E-state index in [9.17, 15) is 77.6 Å². The molecule has 20 N–H and O–H groups in total. The fourth-order valence-corrected chi connectivity index (χ4v) is 12.1. The number of aromatic amines is 3. The molecule has 0 saturated heterocycles. The van der Waals surface area contributed by atoms with E-state index in [0.717, 1.165) is 6.92 Å². The van der Waals surface area contributed by atoms with Crippen LogP contribution in [-0.4, -0.2) is 208 Å². The first-order valence-corrected chi connectivity index (χ1v) is 36.1. The summed E-state index contributed by atoms with van der Waals surface area (Å²) in [5.41, 5.74) is 8.70. The predicted molar refractivity (Wildman–Crippen MR) is 405 cm³/mol. The summed E-state index contributed by atoms with van der Waals surface area (Å²) < 4.78 is 0. The van der Waals surface area contributed by atoms with Gasteiger partial charge in [0.25, 0.3) is 0 Å². The van der Waals surface area contributed by atoms with Gasteiger partial charge in [0.05, 0.1) is 19.3 Å². The average Bonchev–Trinajstić information content (AvgIpc) is 1.62. The lowest BCUT2D eigenvalue weighted by Crippen LogP contribution is -2.62. The zero-order valence-electron chi connectivity index (χ0n) is 60.2. The van der Waals surface area contributed by atoms with Crippen LogP contribution in [0.2, 0.25) is 0 Å². The Labute approximate surface area is 640 Å². The van der Waals surface area contributed by atoms with Gasteiger partial charge in [-0.05, 0) is 65.8 Å². The number of aromatic nitrogens is 4. The lowest BCUT2D eigenvalue weighted by atomic mass is 9.99. The maximum atomic E-state index is 15.2. The maximum Gasteiger partial charge on any atom is 0.305 e. The van der Waals surface area contributed by atoms with Gasteiger partial charge in [0.2, 0.25) is 76.8 Å². The van der Waals surface area contributed by atoms with Gasteiger partial charge in [-0.1, -0.05) is 92.7 Å². The number of aromatic hydroxyl groups is 1. The standard InChI is InChI=1S/C73H89N17O18S2/c1-37(2)62(90-70(105)54(27-43-31-77-49-17-11-9-15-47(43)49)87-69(104)56(29-61(96)97)83-63(98)38(3)80-71(106)57(34-109)81-39(4)91)73(108)89-58(35-110)72(107)85-52(25-41-18-20-45(92)21-19-41)66(101)86-53(26-42-30-76-48-16-10-8-14-46(42)48)67(102)88-55(28-44-32-75-36-79-44)68(103)82-50(22-23-60(94)95)65(100)84-51(64(99)78-33-59(74)93)24-40-12-6-5-7-13-40/h5-21,30-32,36-38,50-58,62,76-77,92,109-110H,22-29,33-35H2,1-4H3,(H2,74,93)(H,75,79)(H,78,99)(H,80,106)(H,81,91)(H,82,103)(H,83,98)(H,84,100)(H,85,107)(H,86,101)(H,87,104)(H,88,102)(H,89,108)(H,90,105)(H,94,95)(H,96,97)/t38-,50-,51-,52-,53-,54-,55-,56-,57-,58-,62-/m0/s1. The van der Waals surface area contributed by atoms with E-state index >= 15 is 9.59 Å². The number of carboxylic acid groups (broad SMARTS) is 2. The molecular formula is C73H89N17O18S2. The topological polar surface area (TPSA) is 547 Å². The second-order valence-electron chi connectivity index (χ2n) is 26.3. The first-order chi connectivity index (χ1) is 52.4. The molecule has 0 aliphatic carbocycles. The van der Waals surface area contributed by atoms with E-state index < -0.39 is 193 Å². The second kappa shape index (κ2) is 41.2. The molecule has 37 heteroatoms. The summed E-state index contributed by atoms with van der Waals surface area (Å²) >= 11 is 8.47. The van der Waals surface area contributed by atoms with Gasteiger partial charge in [-0.15, -0.1) is 0 Å². The number of phenolic OH excluding ortho intramolecular Hbond substituents is 1. The number of phenols is 1. The van der Waals surface area contributed by atoms with E-state index in [1.807, 2.05) is 0 Å². The van der Waals surface area contributed by atoms with Gasteiger partial charge in [-0.25, -0.2) is 4.98 Å². The number of para-hydroxylation sites is 2. The Balaban J connectivity index is 1.14. The number of imidazole rings is 1. The van der Waals surface area contributed by atoms with Crippen molar-refractivity contribution in [3.63, 3.8) is 0 Å². The fourth-order valence-electron chi connectivity index (χ4n) is 11.6. The number of fused-ring (bicyclic) bond motifs is 2. The molecule has 11 atom stereocenters. The van der Waals surface area contributed by atoms with Crippen LogP contribution in [0.15, 0.2) is 128 Å². The highest BCUT2D eigenvalue weighted by Gasteiger charge is 2.38. The van der Waals surface area contributed by atoms with Crippen molar-refractivity contribution in [3.05, 3.63) is 156 Å². The Morgan fingerprint density at radius 1 is 0.445 bits per heavy atom. The lowest BCUT2D eigenvalue weighted by molar-refractivity contribution is -0.141. The number of hydrogen-bond donors (Lipinski definition) is 21. The van der Waals surface area contributed by atoms with E-state index in [2.05, 4.69) is 109 Å². The monoisotopic (exact) mass is 1560 g/mol. The Hall–Kier alpha value is -12.3. The molecule has 3 aromatic heterocycles. The highest BCUT2D eigenvalue weighted by molar-refractivity contribution is 7.80. The molecule has 7 aromatic rings. The minimum atomic E-state index is -1.87. The Morgan fingerprint density at radius 2 is 0.873 bits per heavy atom. The molecule has 13 amide bonds. The molecular weight excluding hydrogens is 1470 g/mol.